The molecule has 30 heavy (non-hydrogen) atoms. The first-order valence-electron chi connectivity index (χ1n) is 10.1. The number of H-pyrrole nitrogens is 1. The third-order valence-corrected chi connectivity index (χ3v) is 5.40. The zero-order valence-corrected chi connectivity index (χ0v) is 17.0. The number of hydrogen-bond donors (Lipinski definition) is 2. The van der Waals surface area contributed by atoms with Crippen molar-refractivity contribution < 1.29 is 9.53 Å². The topological polar surface area (TPSA) is 106 Å². The molecule has 1 aliphatic carbocycles. The number of rotatable bonds is 7. The van der Waals surface area contributed by atoms with Crippen LogP contribution in [0.25, 0.3) is 11.0 Å². The predicted octanol–water partition coefficient (Wildman–Crippen LogP) is 2.38. The van der Waals surface area contributed by atoms with Gasteiger partial charge in [0.05, 0.1) is 24.1 Å². The van der Waals surface area contributed by atoms with E-state index in [0.717, 1.165) is 30.6 Å². The van der Waals surface area contributed by atoms with E-state index in [2.05, 4.69) is 15.3 Å². The van der Waals surface area contributed by atoms with Crippen LogP contribution in [-0.4, -0.2) is 27.6 Å². The number of benzene rings is 1. The van der Waals surface area contributed by atoms with E-state index in [0.29, 0.717) is 12.5 Å². The van der Waals surface area contributed by atoms with Crippen LogP contribution in [0.3, 0.4) is 0 Å². The lowest BCUT2D eigenvalue weighted by molar-refractivity contribution is 0.0931. The Balaban J connectivity index is 1.65. The number of aromatic amines is 1. The normalized spacial score (nSPS) is 14.5. The van der Waals surface area contributed by atoms with Gasteiger partial charge in [-0.05, 0) is 48.9 Å². The predicted molar refractivity (Wildman–Crippen MR) is 113 cm³/mol. The quantitative estimate of drug-likeness (QED) is 0.624. The second-order valence-corrected chi connectivity index (χ2v) is 7.57. The average molecular weight is 408 g/mol. The SMILES string of the molecule is CCCn1c(=O)[nH]c(=O)c2cc(C(=O)N[C@@H](c3ccc(OC)cc3)C3CC3)cnc21. The molecular formula is C22H24N4O4. The smallest absolute Gasteiger partial charge is 0.329 e. The van der Waals surface area contributed by atoms with Crippen molar-refractivity contribution in [2.45, 2.75) is 38.8 Å². The number of aryl methyl sites for hydroxylation is 1. The maximum absolute atomic E-state index is 13.0. The van der Waals surface area contributed by atoms with E-state index in [1.165, 1.54) is 16.8 Å². The van der Waals surface area contributed by atoms with Crippen molar-refractivity contribution in [3.05, 3.63) is 68.5 Å². The zero-order chi connectivity index (χ0) is 21.3. The Labute approximate surface area is 172 Å². The van der Waals surface area contributed by atoms with Gasteiger partial charge < -0.3 is 10.1 Å². The fourth-order valence-corrected chi connectivity index (χ4v) is 3.66. The minimum Gasteiger partial charge on any atom is -0.497 e. The second-order valence-electron chi connectivity index (χ2n) is 7.57. The Hall–Kier alpha value is -3.42. The van der Waals surface area contributed by atoms with Crippen molar-refractivity contribution >= 4 is 16.9 Å². The number of carbonyl (C=O) groups is 1. The number of ether oxygens (including phenoxy) is 1. The van der Waals surface area contributed by atoms with E-state index < -0.39 is 11.2 Å². The maximum atomic E-state index is 13.0. The molecule has 0 unspecified atom stereocenters. The summed E-state index contributed by atoms with van der Waals surface area (Å²) in [7, 11) is 1.61. The number of nitrogens with zero attached hydrogens (tertiary/aromatic N) is 2. The second kappa shape index (κ2) is 8.14. The van der Waals surface area contributed by atoms with Crippen LogP contribution in [0.4, 0.5) is 0 Å². The Bertz CT molecular complexity index is 1190. The number of aromatic nitrogens is 3. The lowest BCUT2D eigenvalue weighted by Crippen LogP contribution is -2.32. The van der Waals surface area contributed by atoms with Crippen LogP contribution in [0.2, 0.25) is 0 Å². The number of fused-ring (bicyclic) bond motifs is 1. The fourth-order valence-electron chi connectivity index (χ4n) is 3.66. The number of methoxy groups -OCH3 is 1. The Kier molecular flexibility index (Phi) is 5.39. The van der Waals surface area contributed by atoms with Crippen LogP contribution in [0.1, 0.15) is 48.1 Å². The number of carbonyl (C=O) groups excluding carboxylic acids is 1. The summed E-state index contributed by atoms with van der Waals surface area (Å²) in [5.41, 5.74) is 0.547. The van der Waals surface area contributed by atoms with Crippen LogP contribution in [0, 0.1) is 5.92 Å². The lowest BCUT2D eigenvalue weighted by atomic mass is 10.0. The monoisotopic (exact) mass is 408 g/mol. The summed E-state index contributed by atoms with van der Waals surface area (Å²) in [5, 5.41) is 3.31. The van der Waals surface area contributed by atoms with E-state index in [1.807, 2.05) is 31.2 Å². The van der Waals surface area contributed by atoms with E-state index in [1.54, 1.807) is 7.11 Å². The zero-order valence-electron chi connectivity index (χ0n) is 17.0. The first-order valence-corrected chi connectivity index (χ1v) is 10.1. The Morgan fingerprint density at radius 3 is 2.67 bits per heavy atom. The maximum Gasteiger partial charge on any atom is 0.329 e. The molecule has 0 spiro atoms. The summed E-state index contributed by atoms with van der Waals surface area (Å²) in [4.78, 5) is 43.9. The van der Waals surface area contributed by atoms with Gasteiger partial charge in [0.25, 0.3) is 11.5 Å². The Morgan fingerprint density at radius 1 is 1.30 bits per heavy atom. The molecule has 1 amide bonds. The summed E-state index contributed by atoms with van der Waals surface area (Å²) >= 11 is 0. The molecule has 2 aromatic heterocycles. The molecule has 156 valence electrons. The van der Waals surface area contributed by atoms with Crippen molar-refractivity contribution in [1.29, 1.82) is 0 Å². The van der Waals surface area contributed by atoms with Crippen LogP contribution >= 0.6 is 0 Å². The molecule has 2 heterocycles. The lowest BCUT2D eigenvalue weighted by Gasteiger charge is -2.19. The van der Waals surface area contributed by atoms with Crippen LogP contribution in [0.15, 0.2) is 46.1 Å². The number of hydrogen-bond acceptors (Lipinski definition) is 5. The minimum atomic E-state index is -0.543. The first kappa shape index (κ1) is 19.9. The molecule has 0 saturated heterocycles. The first-order chi connectivity index (χ1) is 14.5. The molecule has 0 bridgehead atoms. The van der Waals surface area contributed by atoms with Gasteiger partial charge in [0.1, 0.15) is 11.4 Å². The van der Waals surface area contributed by atoms with Crippen LogP contribution in [0.5, 0.6) is 5.75 Å². The molecule has 2 N–H and O–H groups in total. The highest BCUT2D eigenvalue weighted by atomic mass is 16.5. The third-order valence-electron chi connectivity index (χ3n) is 5.40. The van der Waals surface area contributed by atoms with Gasteiger partial charge in [-0.2, -0.15) is 0 Å². The average Bonchev–Trinajstić information content (AvgIpc) is 3.60. The molecule has 3 aromatic rings. The van der Waals surface area contributed by atoms with Crippen molar-refractivity contribution in [1.82, 2.24) is 19.9 Å². The highest BCUT2D eigenvalue weighted by Gasteiger charge is 2.33. The molecule has 1 aromatic carbocycles. The van der Waals surface area contributed by atoms with Gasteiger partial charge in [-0.3, -0.25) is 19.1 Å². The van der Waals surface area contributed by atoms with Crippen LogP contribution in [-0.2, 0) is 6.54 Å². The van der Waals surface area contributed by atoms with Gasteiger partial charge >= 0.3 is 5.69 Å². The highest BCUT2D eigenvalue weighted by molar-refractivity contribution is 5.97. The molecule has 1 fully saturated rings. The number of nitrogens with one attached hydrogen (secondary N) is 2. The molecular weight excluding hydrogens is 384 g/mol. The summed E-state index contributed by atoms with van der Waals surface area (Å²) in [5.74, 6) is 0.842. The van der Waals surface area contributed by atoms with Crippen molar-refractivity contribution in [3.8, 4) is 5.75 Å². The third kappa shape index (κ3) is 3.85. The summed E-state index contributed by atoms with van der Waals surface area (Å²) in [6.45, 7) is 2.37. The summed E-state index contributed by atoms with van der Waals surface area (Å²) in [6, 6.07) is 9.04. The van der Waals surface area contributed by atoms with E-state index in [-0.39, 0.29) is 28.5 Å². The van der Waals surface area contributed by atoms with E-state index >= 15 is 0 Å². The molecule has 1 saturated carbocycles. The van der Waals surface area contributed by atoms with Crippen molar-refractivity contribution in [2.24, 2.45) is 5.92 Å². The van der Waals surface area contributed by atoms with Crippen molar-refractivity contribution in [2.75, 3.05) is 7.11 Å². The fraction of sp³-hybridized carbons (Fsp3) is 0.364. The Morgan fingerprint density at radius 2 is 2.03 bits per heavy atom. The highest BCUT2D eigenvalue weighted by Crippen LogP contribution is 2.41. The molecule has 1 aliphatic rings. The molecule has 0 aliphatic heterocycles. The minimum absolute atomic E-state index is 0.119. The van der Waals surface area contributed by atoms with Crippen molar-refractivity contribution in [3.63, 3.8) is 0 Å². The molecule has 0 radical (unpaired) electrons. The van der Waals surface area contributed by atoms with Gasteiger partial charge in [0.2, 0.25) is 0 Å². The van der Waals surface area contributed by atoms with Crippen LogP contribution < -0.4 is 21.3 Å². The standard InChI is InChI=1S/C22H24N4O4/c1-3-10-26-19-17(21(28)25-22(26)29)11-15(12-23-19)20(27)24-18(13-4-5-13)14-6-8-16(30-2)9-7-14/h6-9,11-13,18H,3-5,10H2,1-2H3,(H,24,27)(H,25,28,29)/t18-/m1/s1. The summed E-state index contributed by atoms with van der Waals surface area (Å²) < 4.78 is 6.63. The molecule has 8 nitrogen and oxygen atoms in total. The number of amides is 1. The molecule has 4 rings (SSSR count). The van der Waals surface area contributed by atoms with Gasteiger partial charge in [-0.25, -0.2) is 9.78 Å². The summed E-state index contributed by atoms with van der Waals surface area (Å²) in [6.07, 6.45) is 4.24. The largest absolute Gasteiger partial charge is 0.497 e. The van der Waals surface area contributed by atoms with E-state index in [9.17, 15) is 14.4 Å². The van der Waals surface area contributed by atoms with Gasteiger partial charge in [0.15, 0.2) is 0 Å². The molecule has 1 atom stereocenters. The van der Waals surface area contributed by atoms with Gasteiger partial charge in [-0.1, -0.05) is 19.1 Å². The number of pyridine rings is 1. The van der Waals surface area contributed by atoms with Gasteiger partial charge in [-0.15, -0.1) is 0 Å². The van der Waals surface area contributed by atoms with E-state index in [4.69, 9.17) is 4.74 Å². The molecule has 8 heteroatoms. The van der Waals surface area contributed by atoms with Gasteiger partial charge in [0, 0.05) is 12.7 Å².